The summed E-state index contributed by atoms with van der Waals surface area (Å²) < 4.78 is 0. The van der Waals surface area contributed by atoms with Crippen molar-refractivity contribution in [2.45, 2.75) is 51.7 Å². The molecule has 25 heavy (non-hydrogen) atoms. The van der Waals surface area contributed by atoms with Gasteiger partial charge in [0.1, 0.15) is 0 Å². The first-order valence-corrected chi connectivity index (χ1v) is 9.24. The van der Waals surface area contributed by atoms with Crippen molar-refractivity contribution in [1.82, 2.24) is 0 Å². The lowest BCUT2D eigenvalue weighted by Gasteiger charge is -2.18. The molecule has 0 bridgehead atoms. The number of aryl methyl sites for hydroxylation is 2. The number of hydrogen-bond acceptors (Lipinski definition) is 3. The van der Waals surface area contributed by atoms with Gasteiger partial charge in [-0.2, -0.15) is 0 Å². The number of hydrogen-bond donors (Lipinski definition) is 1. The first kappa shape index (κ1) is 19.3. The van der Waals surface area contributed by atoms with Crippen molar-refractivity contribution in [2.75, 3.05) is 5.32 Å². The predicted molar refractivity (Wildman–Crippen MR) is 106 cm³/mol. The van der Waals surface area contributed by atoms with Crippen LogP contribution in [0.1, 0.15) is 46.5 Å². The van der Waals surface area contributed by atoms with E-state index in [9.17, 15) is 9.59 Å². The average Bonchev–Trinajstić information content (AvgIpc) is 2.56. The minimum Gasteiger partial charge on any atom is -0.325 e. The van der Waals surface area contributed by atoms with Gasteiger partial charge in [0.15, 0.2) is 5.78 Å². The Balaban J connectivity index is 2.17. The van der Waals surface area contributed by atoms with E-state index in [1.807, 2.05) is 6.92 Å². The summed E-state index contributed by atoms with van der Waals surface area (Å²) in [5, 5.41) is 2.68. The molecule has 0 aliphatic carbocycles. The van der Waals surface area contributed by atoms with E-state index in [2.05, 4.69) is 39.1 Å². The van der Waals surface area contributed by atoms with Crippen molar-refractivity contribution in [3.8, 4) is 0 Å². The predicted octanol–water partition coefficient (Wildman–Crippen LogP) is 5.24. The van der Waals surface area contributed by atoms with E-state index in [-0.39, 0.29) is 16.9 Å². The van der Waals surface area contributed by atoms with E-state index >= 15 is 0 Å². The van der Waals surface area contributed by atoms with Crippen LogP contribution < -0.4 is 5.32 Å². The Labute approximate surface area is 154 Å². The summed E-state index contributed by atoms with van der Waals surface area (Å²) >= 11 is 1.58. The van der Waals surface area contributed by atoms with Gasteiger partial charge >= 0.3 is 0 Å². The van der Waals surface area contributed by atoms with Gasteiger partial charge in [0.25, 0.3) is 0 Å². The molecule has 0 aliphatic rings. The molecule has 4 heteroatoms. The normalized spacial score (nSPS) is 11.9. The van der Waals surface area contributed by atoms with Crippen molar-refractivity contribution in [3.05, 3.63) is 58.1 Å². The molecule has 132 valence electrons. The molecule has 1 atom stereocenters. The summed E-state index contributed by atoms with van der Waals surface area (Å²) in [5.41, 5.74) is 6.19. The molecule has 0 heterocycles. The third-order valence-corrected chi connectivity index (χ3v) is 5.91. The lowest BCUT2D eigenvalue weighted by molar-refractivity contribution is -0.115. The van der Waals surface area contributed by atoms with Crippen LogP contribution in [-0.4, -0.2) is 16.9 Å². The molecule has 0 aromatic heterocycles. The minimum atomic E-state index is -0.236. The second-order valence-corrected chi connectivity index (χ2v) is 7.83. The number of amides is 1. The third kappa shape index (κ3) is 4.51. The summed E-state index contributed by atoms with van der Waals surface area (Å²) in [6.45, 7) is 11.8. The van der Waals surface area contributed by atoms with E-state index in [1.165, 1.54) is 34.1 Å². The summed E-state index contributed by atoms with van der Waals surface area (Å²) in [4.78, 5) is 25.2. The second kappa shape index (κ2) is 7.87. The summed E-state index contributed by atoms with van der Waals surface area (Å²) in [5.74, 6) is -0.0799. The lowest BCUT2D eigenvalue weighted by atomic mass is 10.0. The Morgan fingerprint density at radius 2 is 1.60 bits per heavy atom. The summed E-state index contributed by atoms with van der Waals surface area (Å²) in [6.07, 6.45) is 0. The molecule has 2 aromatic rings. The number of benzene rings is 2. The molecular formula is C21H25NO2S. The number of carbonyl (C=O) groups excluding carboxylic acids is 2. The Kier molecular flexibility index (Phi) is 6.07. The summed E-state index contributed by atoms with van der Waals surface area (Å²) in [6, 6.07) is 9.23. The number of carbonyl (C=O) groups is 2. The molecule has 2 rings (SSSR count). The number of anilines is 1. The zero-order chi connectivity index (χ0) is 18.7. The van der Waals surface area contributed by atoms with Crippen molar-refractivity contribution in [3.63, 3.8) is 0 Å². The number of rotatable bonds is 5. The molecule has 1 amide bonds. The van der Waals surface area contributed by atoms with Crippen LogP contribution in [0.2, 0.25) is 0 Å². The number of ketones is 1. The van der Waals surface area contributed by atoms with E-state index in [0.717, 1.165) is 0 Å². The maximum Gasteiger partial charge on any atom is 0.237 e. The van der Waals surface area contributed by atoms with Gasteiger partial charge in [-0.3, -0.25) is 9.59 Å². The molecular weight excluding hydrogens is 330 g/mol. The van der Waals surface area contributed by atoms with Crippen LogP contribution in [0.25, 0.3) is 0 Å². The molecule has 0 aliphatic heterocycles. The van der Waals surface area contributed by atoms with Crippen molar-refractivity contribution in [2.24, 2.45) is 0 Å². The first-order chi connectivity index (χ1) is 11.7. The highest BCUT2D eigenvalue weighted by atomic mass is 32.2. The monoisotopic (exact) mass is 355 g/mol. The Bertz CT molecular complexity index is 801. The molecule has 0 saturated carbocycles. The Morgan fingerprint density at radius 3 is 2.16 bits per heavy atom. The Hall–Kier alpha value is -2.07. The van der Waals surface area contributed by atoms with Crippen LogP contribution >= 0.6 is 11.8 Å². The van der Waals surface area contributed by atoms with E-state index in [4.69, 9.17) is 0 Å². The molecule has 1 N–H and O–H groups in total. The van der Waals surface area contributed by atoms with Crippen LogP contribution in [0.4, 0.5) is 5.69 Å². The van der Waals surface area contributed by atoms with Crippen LogP contribution in [0, 0.1) is 27.7 Å². The van der Waals surface area contributed by atoms with E-state index in [0.29, 0.717) is 11.3 Å². The zero-order valence-electron chi connectivity index (χ0n) is 15.7. The summed E-state index contributed by atoms with van der Waals surface area (Å²) in [7, 11) is 0. The maximum atomic E-state index is 12.6. The largest absolute Gasteiger partial charge is 0.325 e. The number of nitrogens with one attached hydrogen (secondary N) is 1. The standard InChI is InChI=1S/C21H25NO2S/c1-12-10-13(2)15(4)20(14(12)3)25-17(6)21(24)22-19-9-7-8-18(11-19)16(5)23/h7-11,17H,1-6H3,(H,22,24)/t17-/m0/s1. The quantitative estimate of drug-likeness (QED) is 0.589. The fourth-order valence-electron chi connectivity index (χ4n) is 2.65. The minimum absolute atomic E-state index is 0.0139. The van der Waals surface area contributed by atoms with Gasteiger partial charge in [-0.05, 0) is 75.9 Å². The van der Waals surface area contributed by atoms with Crippen LogP contribution in [0.5, 0.6) is 0 Å². The van der Waals surface area contributed by atoms with Crippen LogP contribution in [0.3, 0.4) is 0 Å². The van der Waals surface area contributed by atoms with E-state index < -0.39 is 0 Å². The van der Waals surface area contributed by atoms with Gasteiger partial charge in [0, 0.05) is 16.1 Å². The van der Waals surface area contributed by atoms with Gasteiger partial charge in [0.2, 0.25) is 5.91 Å². The molecule has 3 nitrogen and oxygen atoms in total. The highest BCUT2D eigenvalue weighted by molar-refractivity contribution is 8.00. The molecule has 0 unspecified atom stereocenters. The zero-order valence-corrected chi connectivity index (χ0v) is 16.5. The molecule has 2 aromatic carbocycles. The van der Waals surface area contributed by atoms with Gasteiger partial charge < -0.3 is 5.32 Å². The SMILES string of the molecule is CC(=O)c1cccc(NC(=O)[C@H](C)Sc2c(C)c(C)cc(C)c2C)c1. The average molecular weight is 356 g/mol. The molecule has 0 spiro atoms. The van der Waals surface area contributed by atoms with Gasteiger partial charge in [-0.15, -0.1) is 11.8 Å². The fourth-order valence-corrected chi connectivity index (χ4v) is 3.84. The van der Waals surface area contributed by atoms with Crippen molar-refractivity contribution in [1.29, 1.82) is 0 Å². The highest BCUT2D eigenvalue weighted by Gasteiger charge is 2.18. The molecule has 0 saturated heterocycles. The maximum absolute atomic E-state index is 12.6. The Morgan fingerprint density at radius 1 is 1.00 bits per heavy atom. The fraction of sp³-hybridized carbons (Fsp3) is 0.333. The van der Waals surface area contributed by atoms with Gasteiger partial charge in [-0.1, -0.05) is 18.2 Å². The van der Waals surface area contributed by atoms with Crippen molar-refractivity contribution >= 4 is 29.1 Å². The van der Waals surface area contributed by atoms with Crippen molar-refractivity contribution < 1.29 is 9.59 Å². The second-order valence-electron chi connectivity index (χ2n) is 6.48. The topological polar surface area (TPSA) is 46.2 Å². The smallest absolute Gasteiger partial charge is 0.237 e. The van der Waals surface area contributed by atoms with Gasteiger partial charge in [0.05, 0.1) is 5.25 Å². The van der Waals surface area contributed by atoms with Gasteiger partial charge in [-0.25, -0.2) is 0 Å². The molecule has 0 fully saturated rings. The number of thioether (sulfide) groups is 1. The lowest BCUT2D eigenvalue weighted by Crippen LogP contribution is -2.22. The highest BCUT2D eigenvalue weighted by Crippen LogP contribution is 2.34. The van der Waals surface area contributed by atoms with Crippen LogP contribution in [-0.2, 0) is 4.79 Å². The van der Waals surface area contributed by atoms with E-state index in [1.54, 1.807) is 36.0 Å². The number of Topliss-reactive ketones (excluding diaryl/α,β-unsaturated/α-hetero) is 1. The molecule has 0 radical (unpaired) electrons. The first-order valence-electron chi connectivity index (χ1n) is 8.36. The van der Waals surface area contributed by atoms with Crippen LogP contribution in [0.15, 0.2) is 35.2 Å². The third-order valence-electron chi connectivity index (χ3n) is 4.50.